The zero-order chi connectivity index (χ0) is 25.5. The Hall–Kier alpha value is -3.47. The van der Waals surface area contributed by atoms with Crippen LogP contribution in [0.3, 0.4) is 0 Å². The Morgan fingerprint density at radius 3 is 2.14 bits per heavy atom. The molecule has 0 fully saturated rings. The molecule has 0 radical (unpaired) electrons. The second-order valence-corrected chi connectivity index (χ2v) is 8.50. The number of benzene rings is 1. The topological polar surface area (TPSA) is 113 Å². The Morgan fingerprint density at radius 1 is 0.971 bits per heavy atom. The van der Waals surface area contributed by atoms with E-state index in [-0.39, 0.29) is 12.1 Å². The van der Waals surface area contributed by atoms with E-state index in [9.17, 15) is 14.4 Å². The third-order valence-corrected chi connectivity index (χ3v) is 6.41. The fourth-order valence-corrected chi connectivity index (χ4v) is 5.04. The van der Waals surface area contributed by atoms with Gasteiger partial charge < -0.3 is 33.9 Å². The number of methoxy groups -OCH3 is 2. The molecule has 0 unspecified atom stereocenters. The number of hydrogen-bond donors (Lipinski definition) is 1. The molecule has 1 aromatic heterocycles. The summed E-state index contributed by atoms with van der Waals surface area (Å²) in [7, 11) is 2.61. The molecule has 0 saturated carbocycles. The number of amides is 2. The first-order chi connectivity index (χ1) is 16.9. The summed E-state index contributed by atoms with van der Waals surface area (Å²) >= 11 is 1.23. The lowest BCUT2D eigenvalue weighted by molar-refractivity contribution is 0.0600. The first-order valence-electron chi connectivity index (χ1n) is 11.3. The van der Waals surface area contributed by atoms with Crippen molar-refractivity contribution in [3.8, 4) is 17.2 Å². The molecule has 3 rings (SSSR count). The monoisotopic (exact) mass is 506 g/mol. The van der Waals surface area contributed by atoms with Crippen molar-refractivity contribution >= 4 is 34.3 Å². The highest BCUT2D eigenvalue weighted by Gasteiger charge is 2.31. The zero-order valence-corrected chi connectivity index (χ0v) is 21.3. The van der Waals surface area contributed by atoms with Crippen molar-refractivity contribution in [3.63, 3.8) is 0 Å². The summed E-state index contributed by atoms with van der Waals surface area (Å²) in [5.41, 5.74) is 1.33. The molecule has 35 heavy (non-hydrogen) atoms. The van der Waals surface area contributed by atoms with Crippen LogP contribution in [0.2, 0.25) is 0 Å². The van der Waals surface area contributed by atoms with Gasteiger partial charge in [-0.05, 0) is 44.9 Å². The van der Waals surface area contributed by atoms with E-state index in [0.717, 1.165) is 10.4 Å². The van der Waals surface area contributed by atoms with Gasteiger partial charge in [0.2, 0.25) is 5.75 Å². The molecule has 2 heterocycles. The number of ether oxygens (including phenoxy) is 5. The minimum Gasteiger partial charge on any atom is -0.490 e. The average molecular weight is 507 g/mol. The van der Waals surface area contributed by atoms with Gasteiger partial charge >= 0.3 is 12.1 Å². The molecule has 0 atom stereocenters. The molecule has 0 saturated heterocycles. The molecule has 0 spiro atoms. The number of anilines is 1. The van der Waals surface area contributed by atoms with Gasteiger partial charge in [-0.15, -0.1) is 11.3 Å². The third kappa shape index (κ3) is 5.61. The van der Waals surface area contributed by atoms with Gasteiger partial charge in [0.05, 0.1) is 46.1 Å². The van der Waals surface area contributed by atoms with Gasteiger partial charge in [0.1, 0.15) is 5.00 Å². The summed E-state index contributed by atoms with van der Waals surface area (Å²) in [5, 5.41) is 3.19. The predicted octanol–water partition coefficient (Wildman–Crippen LogP) is 4.11. The lowest BCUT2D eigenvalue weighted by atomic mass is 10.0. The van der Waals surface area contributed by atoms with E-state index in [2.05, 4.69) is 5.32 Å². The lowest BCUT2D eigenvalue weighted by Gasteiger charge is -2.25. The van der Waals surface area contributed by atoms with Crippen LogP contribution in [0, 0.1) is 0 Å². The maximum absolute atomic E-state index is 13.3. The van der Waals surface area contributed by atoms with Crippen LogP contribution in [0.1, 0.15) is 51.9 Å². The number of hydrogen-bond acceptors (Lipinski definition) is 9. The van der Waals surface area contributed by atoms with E-state index < -0.39 is 18.0 Å². The van der Waals surface area contributed by atoms with E-state index in [0.29, 0.717) is 60.6 Å². The number of nitrogens with one attached hydrogen (secondary N) is 1. The largest absolute Gasteiger partial charge is 0.490 e. The molecular weight excluding hydrogens is 476 g/mol. The Balaban J connectivity index is 1.98. The summed E-state index contributed by atoms with van der Waals surface area (Å²) in [6.45, 7) is 7.33. The van der Waals surface area contributed by atoms with Crippen molar-refractivity contribution in [1.82, 2.24) is 4.90 Å². The van der Waals surface area contributed by atoms with E-state index in [1.807, 2.05) is 20.8 Å². The van der Waals surface area contributed by atoms with Crippen LogP contribution in [0.4, 0.5) is 9.80 Å². The minimum atomic E-state index is -0.555. The Morgan fingerprint density at radius 2 is 1.60 bits per heavy atom. The summed E-state index contributed by atoms with van der Waals surface area (Å²) in [5.74, 6) is 0.192. The molecule has 1 aromatic carbocycles. The summed E-state index contributed by atoms with van der Waals surface area (Å²) < 4.78 is 26.9. The molecule has 2 aromatic rings. The molecule has 190 valence electrons. The molecule has 1 N–H and O–H groups in total. The van der Waals surface area contributed by atoms with Crippen LogP contribution in [-0.2, 0) is 22.4 Å². The van der Waals surface area contributed by atoms with Crippen molar-refractivity contribution < 1.29 is 38.1 Å². The molecule has 10 nitrogen and oxygen atoms in total. The highest BCUT2D eigenvalue weighted by Crippen LogP contribution is 2.41. The minimum absolute atomic E-state index is 0.276. The number of rotatable bonds is 9. The van der Waals surface area contributed by atoms with Gasteiger partial charge in [-0.3, -0.25) is 4.79 Å². The fourth-order valence-electron chi connectivity index (χ4n) is 3.79. The van der Waals surface area contributed by atoms with Crippen LogP contribution >= 0.6 is 11.3 Å². The smallest absolute Gasteiger partial charge is 0.409 e. The van der Waals surface area contributed by atoms with Crippen LogP contribution < -0.4 is 19.5 Å². The van der Waals surface area contributed by atoms with Crippen LogP contribution in [-0.4, -0.2) is 63.5 Å². The number of fused-ring (bicyclic) bond motifs is 1. The van der Waals surface area contributed by atoms with Gasteiger partial charge in [-0.25, -0.2) is 9.59 Å². The van der Waals surface area contributed by atoms with Crippen molar-refractivity contribution in [2.24, 2.45) is 0 Å². The highest BCUT2D eigenvalue weighted by molar-refractivity contribution is 7.17. The normalized spacial score (nSPS) is 12.4. The summed E-state index contributed by atoms with van der Waals surface area (Å²) in [6, 6.07) is 3.16. The van der Waals surface area contributed by atoms with Gasteiger partial charge in [-0.2, -0.15) is 0 Å². The second-order valence-electron chi connectivity index (χ2n) is 7.40. The van der Waals surface area contributed by atoms with E-state index in [1.165, 1.54) is 25.6 Å². The van der Waals surface area contributed by atoms with Gasteiger partial charge in [-0.1, -0.05) is 0 Å². The maximum atomic E-state index is 13.3. The molecular formula is C24H30N2O8S. The standard InChI is InChI=1S/C24H30N2O8S/c1-6-32-16-11-14(12-17(33-7-2)20(16)34-8-3)21(27)25-22-19(23(28)30-4)15-9-10-26(24(29)31-5)13-18(15)35-22/h11-12H,6-10,13H2,1-5H3,(H,25,27). The number of nitrogens with zero attached hydrogens (tertiary/aromatic N) is 1. The molecule has 1 aliphatic heterocycles. The first-order valence-corrected chi connectivity index (χ1v) is 12.1. The van der Waals surface area contributed by atoms with Gasteiger partial charge in [0.15, 0.2) is 11.5 Å². The molecule has 2 amide bonds. The van der Waals surface area contributed by atoms with E-state index in [1.54, 1.807) is 17.0 Å². The SMILES string of the molecule is CCOc1cc(C(=O)Nc2sc3c(c2C(=O)OC)CCN(C(=O)OC)C3)cc(OCC)c1OCC. The molecule has 0 aliphatic carbocycles. The van der Waals surface area contributed by atoms with Crippen molar-refractivity contribution in [2.75, 3.05) is 45.9 Å². The van der Waals surface area contributed by atoms with Crippen LogP contribution in [0.5, 0.6) is 17.2 Å². The molecule has 1 aliphatic rings. The zero-order valence-electron chi connectivity index (χ0n) is 20.5. The third-order valence-electron chi connectivity index (χ3n) is 5.28. The van der Waals surface area contributed by atoms with Gasteiger partial charge in [0, 0.05) is 17.0 Å². The number of carbonyl (C=O) groups excluding carboxylic acids is 3. The van der Waals surface area contributed by atoms with Gasteiger partial charge in [0.25, 0.3) is 5.91 Å². The quantitative estimate of drug-likeness (QED) is 0.506. The van der Waals surface area contributed by atoms with Crippen molar-refractivity contribution in [1.29, 1.82) is 0 Å². The van der Waals surface area contributed by atoms with Crippen molar-refractivity contribution in [2.45, 2.75) is 33.7 Å². The Kier molecular flexibility index (Phi) is 8.80. The highest BCUT2D eigenvalue weighted by atomic mass is 32.1. The fraction of sp³-hybridized carbons (Fsp3) is 0.458. The predicted molar refractivity (Wildman–Crippen MR) is 130 cm³/mol. The number of thiophene rings is 1. The Labute approximate surface area is 208 Å². The number of carbonyl (C=O) groups is 3. The number of esters is 1. The van der Waals surface area contributed by atoms with Crippen molar-refractivity contribution in [3.05, 3.63) is 33.7 Å². The molecule has 11 heteroatoms. The summed E-state index contributed by atoms with van der Waals surface area (Å²) in [6.07, 6.45) is -0.0108. The second kappa shape index (κ2) is 11.8. The van der Waals surface area contributed by atoms with Crippen LogP contribution in [0.25, 0.3) is 0 Å². The Bertz CT molecular complexity index is 1070. The average Bonchev–Trinajstić information content (AvgIpc) is 3.21. The van der Waals surface area contributed by atoms with Crippen LogP contribution in [0.15, 0.2) is 12.1 Å². The van der Waals surface area contributed by atoms with E-state index in [4.69, 9.17) is 23.7 Å². The lowest BCUT2D eigenvalue weighted by Crippen LogP contribution is -2.35. The molecule has 0 bridgehead atoms. The van der Waals surface area contributed by atoms with E-state index >= 15 is 0 Å². The first kappa shape index (κ1) is 26.1. The maximum Gasteiger partial charge on any atom is 0.409 e. The summed E-state index contributed by atoms with van der Waals surface area (Å²) in [4.78, 5) is 40.2.